The molecule has 0 fully saturated rings. The molecule has 2 aromatic carbocycles. The van der Waals surface area contributed by atoms with Crippen molar-refractivity contribution < 1.29 is 0 Å². The van der Waals surface area contributed by atoms with Crippen LogP contribution in [-0.4, -0.2) is 9.97 Å². The van der Waals surface area contributed by atoms with E-state index in [4.69, 9.17) is 5.73 Å². The van der Waals surface area contributed by atoms with Gasteiger partial charge in [0.2, 0.25) is 0 Å². The molecule has 1 aromatic heterocycles. The molecule has 5 heteroatoms. The first-order valence-electron chi connectivity index (χ1n) is 9.45. The van der Waals surface area contributed by atoms with Crippen LogP contribution >= 0.6 is 0 Å². The lowest BCUT2D eigenvalue weighted by Crippen LogP contribution is -2.11. The van der Waals surface area contributed by atoms with E-state index in [1.54, 1.807) is 0 Å². The number of aromatic nitrogens is 2. The van der Waals surface area contributed by atoms with Crippen molar-refractivity contribution in [3.63, 3.8) is 0 Å². The first-order chi connectivity index (χ1) is 13.2. The fourth-order valence-electron chi connectivity index (χ4n) is 2.91. The van der Waals surface area contributed by atoms with E-state index in [-0.39, 0.29) is 6.04 Å². The molecular weight excluding hydrogens is 334 g/mol. The van der Waals surface area contributed by atoms with Crippen molar-refractivity contribution >= 4 is 23.0 Å². The van der Waals surface area contributed by atoms with Crippen LogP contribution in [-0.2, 0) is 6.42 Å². The van der Waals surface area contributed by atoms with Gasteiger partial charge in [-0.3, -0.25) is 0 Å². The molecule has 0 saturated heterocycles. The summed E-state index contributed by atoms with van der Waals surface area (Å²) < 4.78 is 0. The zero-order valence-corrected chi connectivity index (χ0v) is 15.9. The Morgan fingerprint density at radius 3 is 2.37 bits per heavy atom. The average molecular weight is 361 g/mol. The smallest absolute Gasteiger partial charge is 0.159 e. The lowest BCUT2D eigenvalue weighted by Gasteiger charge is -2.17. The van der Waals surface area contributed by atoms with Crippen LogP contribution in [0.5, 0.6) is 0 Å². The van der Waals surface area contributed by atoms with Gasteiger partial charge in [0.05, 0.1) is 6.04 Å². The number of unbranched alkanes of at least 4 members (excludes halogenated alkanes) is 1. The van der Waals surface area contributed by atoms with Gasteiger partial charge in [0, 0.05) is 5.69 Å². The Morgan fingerprint density at radius 2 is 1.67 bits per heavy atom. The van der Waals surface area contributed by atoms with E-state index < -0.39 is 0 Å². The summed E-state index contributed by atoms with van der Waals surface area (Å²) in [5.41, 5.74) is 10.3. The van der Waals surface area contributed by atoms with E-state index in [0.717, 1.165) is 12.1 Å². The van der Waals surface area contributed by atoms with E-state index in [1.807, 2.05) is 18.2 Å². The summed E-state index contributed by atoms with van der Waals surface area (Å²) in [6.07, 6.45) is 5.04. The molecular formula is C22H27N5. The number of nitrogens with zero attached hydrogens (tertiary/aromatic N) is 2. The van der Waals surface area contributed by atoms with Gasteiger partial charge < -0.3 is 16.4 Å². The first kappa shape index (κ1) is 18.7. The molecule has 0 saturated carbocycles. The molecule has 0 radical (unpaired) electrons. The molecule has 27 heavy (non-hydrogen) atoms. The van der Waals surface area contributed by atoms with E-state index in [2.05, 4.69) is 70.8 Å². The van der Waals surface area contributed by atoms with Gasteiger partial charge in [-0.15, -0.1) is 0 Å². The predicted octanol–water partition coefficient (Wildman–Crippen LogP) is 5.32. The third-order valence-electron chi connectivity index (χ3n) is 4.57. The van der Waals surface area contributed by atoms with Gasteiger partial charge in [0.1, 0.15) is 12.0 Å². The third kappa shape index (κ3) is 4.97. The van der Waals surface area contributed by atoms with Crippen LogP contribution in [0.1, 0.15) is 43.9 Å². The second-order valence-corrected chi connectivity index (χ2v) is 6.69. The fourth-order valence-corrected chi connectivity index (χ4v) is 2.91. The van der Waals surface area contributed by atoms with Crippen molar-refractivity contribution in [3.05, 3.63) is 72.1 Å². The number of nitrogens with one attached hydrogen (secondary N) is 2. The monoisotopic (exact) mass is 361 g/mol. The summed E-state index contributed by atoms with van der Waals surface area (Å²) in [5, 5.41) is 6.66. The number of hydrogen-bond acceptors (Lipinski definition) is 5. The highest BCUT2D eigenvalue weighted by molar-refractivity contribution is 5.77. The van der Waals surface area contributed by atoms with Gasteiger partial charge >= 0.3 is 0 Å². The maximum absolute atomic E-state index is 6.30. The third-order valence-corrected chi connectivity index (χ3v) is 4.57. The van der Waals surface area contributed by atoms with Crippen molar-refractivity contribution in [1.29, 1.82) is 0 Å². The SMILES string of the molecule is CCCCc1ccc(Nc2ncnc(NC(C)c3ccccc3)c2N)cc1. The number of nitrogens with two attached hydrogens (primary N) is 1. The summed E-state index contributed by atoms with van der Waals surface area (Å²) in [7, 11) is 0. The molecule has 1 atom stereocenters. The van der Waals surface area contributed by atoms with E-state index in [9.17, 15) is 0 Å². The molecule has 3 aromatic rings. The highest BCUT2D eigenvalue weighted by atomic mass is 15.1. The summed E-state index contributed by atoms with van der Waals surface area (Å²) in [5.74, 6) is 1.23. The molecule has 0 aliphatic rings. The molecule has 0 bridgehead atoms. The average Bonchev–Trinajstić information content (AvgIpc) is 2.71. The summed E-state index contributed by atoms with van der Waals surface area (Å²) >= 11 is 0. The normalized spacial score (nSPS) is 11.8. The Balaban J connectivity index is 1.71. The second kappa shape index (κ2) is 9.03. The minimum atomic E-state index is 0.0918. The van der Waals surface area contributed by atoms with Crippen LogP contribution in [0.2, 0.25) is 0 Å². The molecule has 1 unspecified atom stereocenters. The quantitative estimate of drug-likeness (QED) is 0.506. The first-order valence-corrected chi connectivity index (χ1v) is 9.45. The van der Waals surface area contributed by atoms with Gasteiger partial charge in [0.15, 0.2) is 11.6 Å². The maximum atomic E-state index is 6.30. The van der Waals surface area contributed by atoms with Crippen LogP contribution in [0.3, 0.4) is 0 Å². The Morgan fingerprint density at radius 1 is 0.963 bits per heavy atom. The number of anilines is 4. The van der Waals surface area contributed by atoms with Gasteiger partial charge in [0.25, 0.3) is 0 Å². The van der Waals surface area contributed by atoms with Crippen molar-refractivity contribution in [3.8, 4) is 0 Å². The van der Waals surface area contributed by atoms with Crippen molar-refractivity contribution in [2.45, 2.75) is 39.2 Å². The zero-order valence-electron chi connectivity index (χ0n) is 15.9. The maximum Gasteiger partial charge on any atom is 0.159 e. The summed E-state index contributed by atoms with van der Waals surface area (Å²) in [6.45, 7) is 4.29. The minimum absolute atomic E-state index is 0.0918. The molecule has 0 aliphatic carbocycles. The van der Waals surface area contributed by atoms with Gasteiger partial charge in [-0.1, -0.05) is 55.8 Å². The Labute approximate surface area is 161 Å². The van der Waals surface area contributed by atoms with E-state index in [0.29, 0.717) is 17.3 Å². The molecule has 0 spiro atoms. The highest BCUT2D eigenvalue weighted by Crippen LogP contribution is 2.28. The number of hydrogen-bond donors (Lipinski definition) is 3. The van der Waals surface area contributed by atoms with Crippen molar-refractivity contribution in [2.24, 2.45) is 0 Å². The van der Waals surface area contributed by atoms with Crippen LogP contribution in [0, 0.1) is 0 Å². The standard InChI is InChI=1S/C22H27N5/c1-3-4-8-17-11-13-19(14-12-17)27-22-20(23)21(24-15-25-22)26-16(2)18-9-6-5-7-10-18/h5-7,9-16H,3-4,8,23H2,1-2H3,(H2,24,25,26,27). The van der Waals surface area contributed by atoms with Crippen LogP contribution in [0.4, 0.5) is 23.0 Å². The molecule has 140 valence electrons. The predicted molar refractivity (Wildman–Crippen MR) is 113 cm³/mol. The molecule has 3 rings (SSSR count). The number of benzene rings is 2. The summed E-state index contributed by atoms with van der Waals surface area (Å²) in [4.78, 5) is 8.61. The number of nitrogen functional groups attached to an aromatic ring is 1. The Bertz CT molecular complexity index is 846. The van der Waals surface area contributed by atoms with Gasteiger partial charge in [-0.25, -0.2) is 9.97 Å². The van der Waals surface area contributed by atoms with Crippen LogP contribution < -0.4 is 16.4 Å². The molecule has 0 aliphatic heterocycles. The number of aryl methyl sites for hydroxylation is 1. The minimum Gasteiger partial charge on any atom is -0.393 e. The van der Waals surface area contributed by atoms with Crippen molar-refractivity contribution in [2.75, 3.05) is 16.4 Å². The molecule has 0 amide bonds. The molecule has 5 nitrogen and oxygen atoms in total. The fraction of sp³-hybridized carbons (Fsp3) is 0.273. The molecule has 4 N–H and O–H groups in total. The molecule has 1 heterocycles. The van der Waals surface area contributed by atoms with Gasteiger partial charge in [-0.05, 0) is 43.0 Å². The van der Waals surface area contributed by atoms with Crippen LogP contribution in [0.15, 0.2) is 60.9 Å². The largest absolute Gasteiger partial charge is 0.393 e. The van der Waals surface area contributed by atoms with Gasteiger partial charge in [-0.2, -0.15) is 0 Å². The van der Waals surface area contributed by atoms with Crippen molar-refractivity contribution in [1.82, 2.24) is 9.97 Å². The lowest BCUT2D eigenvalue weighted by molar-refractivity contribution is 0.795. The van der Waals surface area contributed by atoms with E-state index >= 15 is 0 Å². The lowest BCUT2D eigenvalue weighted by atomic mass is 10.1. The Kier molecular flexibility index (Phi) is 6.26. The zero-order chi connectivity index (χ0) is 19.1. The highest BCUT2D eigenvalue weighted by Gasteiger charge is 2.12. The van der Waals surface area contributed by atoms with Crippen LogP contribution in [0.25, 0.3) is 0 Å². The number of rotatable bonds is 8. The Hall–Kier alpha value is -3.08. The topological polar surface area (TPSA) is 75.9 Å². The second-order valence-electron chi connectivity index (χ2n) is 6.69. The van der Waals surface area contributed by atoms with E-state index in [1.165, 1.54) is 30.3 Å². The summed E-state index contributed by atoms with van der Waals surface area (Å²) in [6, 6.07) is 18.7.